The summed E-state index contributed by atoms with van der Waals surface area (Å²) in [7, 11) is 0. The van der Waals surface area contributed by atoms with Crippen LogP contribution in [-0.4, -0.2) is 16.7 Å². The molecule has 1 heterocycles. The van der Waals surface area contributed by atoms with Crippen molar-refractivity contribution in [2.45, 2.75) is 45.6 Å². The quantitative estimate of drug-likeness (QED) is 0.565. The number of nitrogens with zero attached hydrogens (tertiary/aromatic N) is 2. The Labute approximate surface area is 133 Å². The fourth-order valence-corrected chi connectivity index (χ4v) is 3.18. The smallest absolute Gasteiger partial charge is 0.0708 e. The number of hydrogen-bond acceptors (Lipinski definition) is 2. The molecule has 2 aromatic rings. The van der Waals surface area contributed by atoms with Crippen LogP contribution in [0.5, 0.6) is 0 Å². The molecule has 3 rings (SSSR count). The van der Waals surface area contributed by atoms with Crippen LogP contribution >= 0.6 is 0 Å². The van der Waals surface area contributed by atoms with E-state index >= 15 is 0 Å². The van der Waals surface area contributed by atoms with E-state index in [9.17, 15) is 0 Å². The molecule has 0 N–H and O–H groups in total. The molecule has 1 aromatic carbocycles. The average Bonchev–Trinajstić information content (AvgIpc) is 2.53. The molecule has 0 saturated carbocycles. The first kappa shape index (κ1) is 15.0. The number of fused-ring (bicyclic) bond motifs is 1. The lowest BCUT2D eigenvalue weighted by molar-refractivity contribution is 0.298. The number of aromatic nitrogens is 1. The van der Waals surface area contributed by atoms with E-state index in [4.69, 9.17) is 4.99 Å². The summed E-state index contributed by atoms with van der Waals surface area (Å²) in [6, 6.07) is 10.3. The molecule has 1 aromatic heterocycles. The number of hydrogen-bond donors (Lipinski definition) is 0. The highest BCUT2D eigenvalue weighted by molar-refractivity contribution is 5.98. The zero-order chi connectivity index (χ0) is 15.6. The number of para-hydroxylation sites is 1. The Morgan fingerprint density at radius 2 is 2.05 bits per heavy atom. The Balaban J connectivity index is 1.86. The van der Waals surface area contributed by atoms with Gasteiger partial charge in [0, 0.05) is 23.4 Å². The summed E-state index contributed by atoms with van der Waals surface area (Å²) in [6.45, 7) is 6.74. The maximum atomic E-state index is 4.94. The number of aliphatic imine (C=N–C) groups is 1. The van der Waals surface area contributed by atoms with E-state index in [0.717, 1.165) is 17.5 Å². The minimum atomic E-state index is -0.0262. The second-order valence-electron chi connectivity index (χ2n) is 6.85. The maximum absolute atomic E-state index is 4.94. The van der Waals surface area contributed by atoms with Gasteiger partial charge in [0.25, 0.3) is 0 Å². The van der Waals surface area contributed by atoms with Crippen LogP contribution < -0.4 is 0 Å². The molecule has 22 heavy (non-hydrogen) atoms. The van der Waals surface area contributed by atoms with E-state index in [-0.39, 0.29) is 5.54 Å². The van der Waals surface area contributed by atoms with Gasteiger partial charge in [-0.1, -0.05) is 29.8 Å². The Bertz CT molecular complexity index is 720. The highest BCUT2D eigenvalue weighted by atomic mass is 14.8. The third kappa shape index (κ3) is 3.11. The molecule has 0 radical (unpaired) electrons. The summed E-state index contributed by atoms with van der Waals surface area (Å²) in [6.07, 6.45) is 9.88. The zero-order valence-electron chi connectivity index (χ0n) is 13.7. The summed E-state index contributed by atoms with van der Waals surface area (Å²) in [4.78, 5) is 9.36. The fraction of sp³-hybridized carbons (Fsp3) is 0.400. The highest BCUT2D eigenvalue weighted by Gasteiger charge is 2.29. The van der Waals surface area contributed by atoms with Crippen molar-refractivity contribution >= 4 is 17.1 Å². The highest BCUT2D eigenvalue weighted by Crippen LogP contribution is 2.34. The molecule has 2 heteroatoms. The molecular formula is C20H24N2. The van der Waals surface area contributed by atoms with Crippen LogP contribution in [-0.2, 0) is 0 Å². The Morgan fingerprint density at radius 1 is 1.23 bits per heavy atom. The molecule has 1 aliphatic rings. The summed E-state index contributed by atoms with van der Waals surface area (Å²) in [5.74, 6) is 0.626. The summed E-state index contributed by atoms with van der Waals surface area (Å²) in [5.41, 5.74) is 3.68. The second kappa shape index (κ2) is 6.04. The van der Waals surface area contributed by atoms with Gasteiger partial charge in [0.15, 0.2) is 0 Å². The average molecular weight is 292 g/mol. The first-order chi connectivity index (χ1) is 10.6. The van der Waals surface area contributed by atoms with Crippen molar-refractivity contribution in [2.24, 2.45) is 10.9 Å². The molecule has 0 saturated heterocycles. The molecule has 114 valence electrons. The fourth-order valence-electron chi connectivity index (χ4n) is 3.18. The molecule has 2 nitrogen and oxygen atoms in total. The van der Waals surface area contributed by atoms with Gasteiger partial charge >= 0.3 is 0 Å². The Morgan fingerprint density at radius 3 is 2.82 bits per heavy atom. The van der Waals surface area contributed by atoms with Crippen LogP contribution in [0.2, 0.25) is 0 Å². The van der Waals surface area contributed by atoms with Crippen LogP contribution in [0.3, 0.4) is 0 Å². The minimum Gasteiger partial charge on any atom is -0.286 e. The largest absolute Gasteiger partial charge is 0.286 e. The van der Waals surface area contributed by atoms with E-state index in [1.165, 1.54) is 23.8 Å². The predicted octanol–water partition coefficient (Wildman–Crippen LogP) is 5.18. The maximum Gasteiger partial charge on any atom is 0.0708 e. The molecular weight excluding hydrogens is 268 g/mol. The van der Waals surface area contributed by atoms with E-state index in [0.29, 0.717) is 5.92 Å². The lowest BCUT2D eigenvalue weighted by atomic mass is 9.78. The van der Waals surface area contributed by atoms with Crippen molar-refractivity contribution in [3.8, 4) is 0 Å². The lowest BCUT2D eigenvalue weighted by Crippen LogP contribution is -2.30. The molecule has 0 fully saturated rings. The number of pyridine rings is 1. The van der Waals surface area contributed by atoms with Gasteiger partial charge in [0.05, 0.1) is 11.1 Å². The van der Waals surface area contributed by atoms with Crippen molar-refractivity contribution in [1.29, 1.82) is 0 Å². The van der Waals surface area contributed by atoms with Gasteiger partial charge in [-0.3, -0.25) is 9.98 Å². The van der Waals surface area contributed by atoms with Crippen LogP contribution in [0.15, 0.2) is 53.2 Å². The molecule has 1 aliphatic carbocycles. The molecule has 1 atom stereocenters. The summed E-state index contributed by atoms with van der Waals surface area (Å²) in [5, 5.41) is 1.17. The normalized spacial score (nSPS) is 19.6. The van der Waals surface area contributed by atoms with Crippen molar-refractivity contribution in [1.82, 2.24) is 4.98 Å². The van der Waals surface area contributed by atoms with Gasteiger partial charge < -0.3 is 0 Å². The lowest BCUT2D eigenvalue weighted by Gasteiger charge is -2.33. The molecule has 0 amide bonds. The van der Waals surface area contributed by atoms with Gasteiger partial charge in [-0.15, -0.1) is 0 Å². The molecule has 0 bridgehead atoms. The van der Waals surface area contributed by atoms with E-state index in [2.05, 4.69) is 44.0 Å². The van der Waals surface area contributed by atoms with Crippen molar-refractivity contribution < 1.29 is 0 Å². The van der Waals surface area contributed by atoms with Gasteiger partial charge in [-0.2, -0.15) is 0 Å². The van der Waals surface area contributed by atoms with Gasteiger partial charge in [-0.25, -0.2) is 0 Å². The number of allylic oxidation sites excluding steroid dienone is 2. The van der Waals surface area contributed by atoms with Crippen molar-refractivity contribution in [2.75, 3.05) is 0 Å². The van der Waals surface area contributed by atoms with Crippen LogP contribution in [0.4, 0.5) is 0 Å². The SMILES string of the molecule is CC1=CC[C@H](C(C)(C)N=Cc2ccnc3ccccc23)CC1. The molecule has 0 unspecified atom stereocenters. The van der Waals surface area contributed by atoms with Gasteiger partial charge in [0.1, 0.15) is 0 Å². The zero-order valence-corrected chi connectivity index (χ0v) is 13.7. The van der Waals surface area contributed by atoms with Gasteiger partial charge in [0.2, 0.25) is 0 Å². The first-order valence-electron chi connectivity index (χ1n) is 8.11. The van der Waals surface area contributed by atoms with E-state index < -0.39 is 0 Å². The third-order valence-corrected chi connectivity index (χ3v) is 4.86. The molecule has 0 aliphatic heterocycles. The monoisotopic (exact) mass is 292 g/mol. The minimum absolute atomic E-state index is 0.0262. The first-order valence-corrected chi connectivity index (χ1v) is 8.11. The Hall–Kier alpha value is -1.96. The second-order valence-corrected chi connectivity index (χ2v) is 6.85. The topological polar surface area (TPSA) is 25.2 Å². The van der Waals surface area contributed by atoms with E-state index in [1.54, 1.807) is 0 Å². The summed E-state index contributed by atoms with van der Waals surface area (Å²) < 4.78 is 0. The van der Waals surface area contributed by atoms with Crippen LogP contribution in [0, 0.1) is 5.92 Å². The number of rotatable bonds is 3. The van der Waals surface area contributed by atoms with Crippen molar-refractivity contribution in [3.63, 3.8) is 0 Å². The predicted molar refractivity (Wildman–Crippen MR) is 94.5 cm³/mol. The van der Waals surface area contributed by atoms with Gasteiger partial charge in [-0.05, 0) is 58.1 Å². The standard InChI is InChI=1S/C20H24N2/c1-15-8-10-17(11-9-15)20(2,3)22-14-16-12-13-21-19-7-5-4-6-18(16)19/h4-8,12-14,17H,9-11H2,1-3H3/t17-/m0/s1. The molecule has 0 spiro atoms. The number of benzene rings is 1. The Kier molecular flexibility index (Phi) is 4.10. The van der Waals surface area contributed by atoms with E-state index in [1.807, 2.05) is 30.6 Å². The van der Waals surface area contributed by atoms with Crippen LogP contribution in [0.25, 0.3) is 10.9 Å². The van der Waals surface area contributed by atoms with Crippen LogP contribution in [0.1, 0.15) is 45.6 Å². The summed E-state index contributed by atoms with van der Waals surface area (Å²) >= 11 is 0. The van der Waals surface area contributed by atoms with Crippen molar-refractivity contribution in [3.05, 3.63) is 53.7 Å². The third-order valence-electron chi connectivity index (χ3n) is 4.86.